The molecule has 1 atom stereocenters. The topological polar surface area (TPSA) is 83.3 Å². The Morgan fingerprint density at radius 3 is 2.87 bits per heavy atom. The molecule has 0 bridgehead atoms. The SMILES string of the molecule is O=C1CN(Cc2cn(C[C@H](O)c3ccc(F)cc3)nn2)CCN1. The summed E-state index contributed by atoms with van der Waals surface area (Å²) in [5, 5.41) is 21.0. The van der Waals surface area contributed by atoms with E-state index in [9.17, 15) is 14.3 Å². The van der Waals surface area contributed by atoms with E-state index in [2.05, 4.69) is 15.6 Å². The van der Waals surface area contributed by atoms with Crippen LogP contribution in [0.1, 0.15) is 17.4 Å². The normalized spacial score (nSPS) is 17.0. The molecule has 1 saturated heterocycles. The second-order valence-corrected chi connectivity index (χ2v) is 5.56. The van der Waals surface area contributed by atoms with Crippen LogP contribution in [0, 0.1) is 5.82 Å². The van der Waals surface area contributed by atoms with Crippen molar-refractivity contribution in [3.8, 4) is 0 Å². The maximum Gasteiger partial charge on any atom is 0.234 e. The number of aromatic nitrogens is 3. The van der Waals surface area contributed by atoms with Crippen LogP contribution in [0.4, 0.5) is 4.39 Å². The van der Waals surface area contributed by atoms with Crippen molar-refractivity contribution >= 4 is 5.91 Å². The van der Waals surface area contributed by atoms with Gasteiger partial charge < -0.3 is 10.4 Å². The highest BCUT2D eigenvalue weighted by Crippen LogP contribution is 2.15. The van der Waals surface area contributed by atoms with E-state index in [0.717, 1.165) is 12.2 Å². The van der Waals surface area contributed by atoms with Crippen LogP contribution < -0.4 is 5.32 Å². The van der Waals surface area contributed by atoms with Crippen LogP contribution in [0.2, 0.25) is 0 Å². The molecule has 3 rings (SSSR count). The van der Waals surface area contributed by atoms with Gasteiger partial charge in [-0.3, -0.25) is 9.69 Å². The number of nitrogens with one attached hydrogen (secondary N) is 1. The first-order chi connectivity index (χ1) is 11.1. The molecule has 1 amide bonds. The van der Waals surface area contributed by atoms with E-state index < -0.39 is 6.10 Å². The lowest BCUT2D eigenvalue weighted by atomic mass is 10.1. The molecule has 1 aromatic carbocycles. The Kier molecular flexibility index (Phi) is 4.63. The number of carbonyl (C=O) groups excluding carboxylic acids is 1. The van der Waals surface area contributed by atoms with Gasteiger partial charge >= 0.3 is 0 Å². The quantitative estimate of drug-likeness (QED) is 0.816. The molecule has 0 unspecified atom stereocenters. The van der Waals surface area contributed by atoms with Crippen molar-refractivity contribution in [2.24, 2.45) is 0 Å². The van der Waals surface area contributed by atoms with Gasteiger partial charge in [-0.2, -0.15) is 0 Å². The third kappa shape index (κ3) is 4.11. The molecule has 1 aliphatic heterocycles. The molecular weight excluding hydrogens is 301 g/mol. The first kappa shape index (κ1) is 15.6. The fraction of sp³-hybridized carbons (Fsp3) is 0.400. The van der Waals surface area contributed by atoms with E-state index in [-0.39, 0.29) is 18.3 Å². The Morgan fingerprint density at radius 1 is 1.35 bits per heavy atom. The first-order valence-corrected chi connectivity index (χ1v) is 7.42. The number of hydrogen-bond acceptors (Lipinski definition) is 5. The predicted molar refractivity (Wildman–Crippen MR) is 79.7 cm³/mol. The molecule has 0 spiro atoms. The molecule has 0 saturated carbocycles. The van der Waals surface area contributed by atoms with Gasteiger partial charge in [0.05, 0.1) is 24.9 Å². The van der Waals surface area contributed by atoms with Gasteiger partial charge in [0.15, 0.2) is 0 Å². The van der Waals surface area contributed by atoms with Crippen molar-refractivity contribution in [3.05, 3.63) is 47.5 Å². The molecular formula is C15H18FN5O2. The first-order valence-electron chi connectivity index (χ1n) is 7.42. The average Bonchev–Trinajstić information content (AvgIpc) is 2.95. The van der Waals surface area contributed by atoms with Gasteiger partial charge in [-0.1, -0.05) is 17.3 Å². The third-order valence-corrected chi connectivity index (χ3v) is 3.70. The van der Waals surface area contributed by atoms with Gasteiger partial charge in [0.2, 0.25) is 5.91 Å². The van der Waals surface area contributed by atoms with Crippen LogP contribution in [-0.4, -0.2) is 50.5 Å². The van der Waals surface area contributed by atoms with E-state index in [0.29, 0.717) is 25.2 Å². The number of aliphatic hydroxyl groups is 1. The Morgan fingerprint density at radius 2 is 2.13 bits per heavy atom. The lowest BCUT2D eigenvalue weighted by molar-refractivity contribution is -0.124. The molecule has 1 aliphatic rings. The molecule has 2 heterocycles. The highest BCUT2D eigenvalue weighted by molar-refractivity contribution is 5.78. The predicted octanol–water partition coefficient (Wildman–Crippen LogP) is 0.0826. The smallest absolute Gasteiger partial charge is 0.234 e. The summed E-state index contributed by atoms with van der Waals surface area (Å²) in [6.45, 7) is 2.54. The summed E-state index contributed by atoms with van der Waals surface area (Å²) in [6.07, 6.45) is 0.963. The molecule has 1 fully saturated rings. The molecule has 2 N–H and O–H groups in total. The van der Waals surface area contributed by atoms with E-state index in [1.165, 1.54) is 12.1 Å². The van der Waals surface area contributed by atoms with Crippen molar-refractivity contribution < 1.29 is 14.3 Å². The molecule has 7 nitrogen and oxygen atoms in total. The number of nitrogens with zero attached hydrogens (tertiary/aromatic N) is 4. The molecule has 23 heavy (non-hydrogen) atoms. The maximum atomic E-state index is 12.9. The van der Waals surface area contributed by atoms with Crippen LogP contribution in [0.5, 0.6) is 0 Å². The summed E-state index contributed by atoms with van der Waals surface area (Å²) < 4.78 is 14.4. The number of halogens is 1. The second kappa shape index (κ2) is 6.84. The second-order valence-electron chi connectivity index (χ2n) is 5.56. The summed E-state index contributed by atoms with van der Waals surface area (Å²) in [7, 11) is 0. The van der Waals surface area contributed by atoms with Gasteiger partial charge in [0.25, 0.3) is 0 Å². The fourth-order valence-electron chi connectivity index (χ4n) is 2.52. The third-order valence-electron chi connectivity index (χ3n) is 3.70. The van der Waals surface area contributed by atoms with Crippen molar-refractivity contribution in [2.45, 2.75) is 19.2 Å². The van der Waals surface area contributed by atoms with Crippen LogP contribution in [-0.2, 0) is 17.9 Å². The van der Waals surface area contributed by atoms with Gasteiger partial charge in [-0.25, -0.2) is 9.07 Å². The standard InChI is InChI=1S/C15H18FN5O2/c16-12-3-1-11(2-4-12)14(22)9-21-8-13(18-19-21)7-20-6-5-17-15(23)10-20/h1-4,8,14,22H,5-7,9-10H2,(H,17,23)/t14-/m0/s1. The molecule has 122 valence electrons. The van der Waals surface area contributed by atoms with E-state index >= 15 is 0 Å². The summed E-state index contributed by atoms with van der Waals surface area (Å²) in [5.41, 5.74) is 1.36. The minimum Gasteiger partial charge on any atom is -0.386 e. The van der Waals surface area contributed by atoms with Crippen molar-refractivity contribution in [1.29, 1.82) is 0 Å². The molecule has 1 aromatic heterocycles. The average molecular weight is 319 g/mol. The monoisotopic (exact) mass is 319 g/mol. The highest BCUT2D eigenvalue weighted by Gasteiger charge is 2.17. The summed E-state index contributed by atoms with van der Waals surface area (Å²) >= 11 is 0. The number of benzene rings is 1. The zero-order valence-corrected chi connectivity index (χ0v) is 12.5. The minimum atomic E-state index is -0.786. The van der Waals surface area contributed by atoms with Crippen LogP contribution >= 0.6 is 0 Å². The van der Waals surface area contributed by atoms with Crippen LogP contribution in [0.25, 0.3) is 0 Å². The van der Waals surface area contributed by atoms with Gasteiger partial charge in [-0.05, 0) is 17.7 Å². The van der Waals surface area contributed by atoms with Crippen molar-refractivity contribution in [3.63, 3.8) is 0 Å². The number of rotatable bonds is 5. The Hall–Kier alpha value is -2.32. The number of amides is 1. The Balaban J connectivity index is 1.58. The number of hydrogen-bond donors (Lipinski definition) is 2. The highest BCUT2D eigenvalue weighted by atomic mass is 19.1. The minimum absolute atomic E-state index is 0.00961. The fourth-order valence-corrected chi connectivity index (χ4v) is 2.52. The maximum absolute atomic E-state index is 12.9. The summed E-state index contributed by atoms with van der Waals surface area (Å²) in [5.74, 6) is -0.329. The number of carbonyl (C=O) groups is 1. The van der Waals surface area contributed by atoms with Gasteiger partial charge in [-0.15, -0.1) is 5.10 Å². The lowest BCUT2D eigenvalue weighted by Crippen LogP contribution is -2.47. The van der Waals surface area contributed by atoms with Crippen LogP contribution in [0.15, 0.2) is 30.5 Å². The molecule has 0 aliphatic carbocycles. The molecule has 8 heteroatoms. The Bertz CT molecular complexity index is 673. The van der Waals surface area contributed by atoms with Crippen LogP contribution in [0.3, 0.4) is 0 Å². The zero-order valence-electron chi connectivity index (χ0n) is 12.5. The summed E-state index contributed by atoms with van der Waals surface area (Å²) in [6, 6.07) is 5.72. The van der Waals surface area contributed by atoms with Gasteiger partial charge in [0, 0.05) is 25.8 Å². The van der Waals surface area contributed by atoms with Crippen molar-refractivity contribution in [1.82, 2.24) is 25.2 Å². The van der Waals surface area contributed by atoms with Gasteiger partial charge in [0.1, 0.15) is 5.82 Å². The number of piperazine rings is 1. The van der Waals surface area contributed by atoms with E-state index in [1.54, 1.807) is 23.0 Å². The Labute approximate surface area is 132 Å². The van der Waals surface area contributed by atoms with E-state index in [1.807, 2.05) is 4.90 Å². The van der Waals surface area contributed by atoms with E-state index in [4.69, 9.17) is 0 Å². The summed E-state index contributed by atoms with van der Waals surface area (Å²) in [4.78, 5) is 13.3. The lowest BCUT2D eigenvalue weighted by Gasteiger charge is -2.25. The molecule has 0 radical (unpaired) electrons. The zero-order chi connectivity index (χ0) is 16.2. The largest absolute Gasteiger partial charge is 0.386 e. The number of aliphatic hydroxyl groups excluding tert-OH is 1. The van der Waals surface area contributed by atoms with Crippen molar-refractivity contribution in [2.75, 3.05) is 19.6 Å². The molecule has 2 aromatic rings.